The number of nitrogens with zero attached hydrogens (tertiary/aromatic N) is 1. The molecule has 1 aromatic heterocycles. The summed E-state index contributed by atoms with van der Waals surface area (Å²) in [6.07, 6.45) is 2.59. The largest absolute Gasteiger partial charge is 0.502 e. The molecule has 0 saturated heterocycles. The third kappa shape index (κ3) is 3.27. The Morgan fingerprint density at radius 3 is 2.21 bits per heavy atom. The van der Waals surface area contributed by atoms with Gasteiger partial charge in [0.15, 0.2) is 11.5 Å². The third-order valence-electron chi connectivity index (χ3n) is 3.07. The van der Waals surface area contributed by atoms with Gasteiger partial charge in [-0.25, -0.2) is 4.79 Å². The zero-order chi connectivity index (χ0) is 17.9. The van der Waals surface area contributed by atoms with Gasteiger partial charge in [0, 0.05) is 0 Å². The summed E-state index contributed by atoms with van der Waals surface area (Å²) in [6.45, 7) is 0. The van der Waals surface area contributed by atoms with E-state index in [9.17, 15) is 24.8 Å². The summed E-state index contributed by atoms with van der Waals surface area (Å²) in [4.78, 5) is 36.9. The Kier molecular flexibility index (Phi) is 4.68. The third-order valence-corrected chi connectivity index (χ3v) is 3.07. The maximum Gasteiger partial charge on any atom is 0.357 e. The molecule has 0 radical (unpaired) electrons. The lowest BCUT2D eigenvalue weighted by Crippen LogP contribution is -2.25. The number of phenolic OH excluding ortho intramolecular Hbond substituents is 1. The monoisotopic (exact) mass is 335 g/mol. The number of nitrogens with one attached hydrogen (secondary N) is 2. The van der Waals surface area contributed by atoms with E-state index >= 15 is 0 Å². The predicted molar refractivity (Wildman–Crippen MR) is 84.5 cm³/mol. The van der Waals surface area contributed by atoms with Crippen molar-refractivity contribution in [2.45, 2.75) is 0 Å². The SMILES string of the molecule is COc1cc(C=Cc2[nH]c(=O)[nH]c(=O)c2[N+](=O)[O-])cc(OC)c1O. The average Bonchev–Trinajstić information content (AvgIpc) is 2.52. The van der Waals surface area contributed by atoms with Crippen LogP contribution >= 0.6 is 0 Å². The molecule has 0 spiro atoms. The molecule has 2 aromatic rings. The summed E-state index contributed by atoms with van der Waals surface area (Å²) in [5, 5.41) is 20.8. The molecule has 24 heavy (non-hydrogen) atoms. The highest BCUT2D eigenvalue weighted by Crippen LogP contribution is 2.37. The summed E-state index contributed by atoms with van der Waals surface area (Å²) < 4.78 is 9.99. The molecule has 0 unspecified atom stereocenters. The Morgan fingerprint density at radius 2 is 1.71 bits per heavy atom. The van der Waals surface area contributed by atoms with Crippen LogP contribution in [0.15, 0.2) is 21.7 Å². The number of phenols is 1. The predicted octanol–water partition coefficient (Wildman–Crippen LogP) is 0.865. The van der Waals surface area contributed by atoms with Gasteiger partial charge < -0.3 is 19.6 Å². The van der Waals surface area contributed by atoms with Crippen molar-refractivity contribution in [1.82, 2.24) is 9.97 Å². The van der Waals surface area contributed by atoms with E-state index < -0.39 is 21.9 Å². The molecule has 0 amide bonds. The fourth-order valence-electron chi connectivity index (χ4n) is 1.99. The Morgan fingerprint density at radius 1 is 1.12 bits per heavy atom. The van der Waals surface area contributed by atoms with Crippen molar-refractivity contribution in [2.75, 3.05) is 14.2 Å². The molecular formula is C14H13N3O7. The topological polar surface area (TPSA) is 148 Å². The number of hydrogen-bond acceptors (Lipinski definition) is 7. The Balaban J connectivity index is 2.55. The molecular weight excluding hydrogens is 322 g/mol. The van der Waals surface area contributed by atoms with E-state index in [4.69, 9.17) is 9.47 Å². The molecule has 0 atom stereocenters. The maximum absolute atomic E-state index is 11.5. The first-order valence-corrected chi connectivity index (χ1v) is 6.51. The Bertz CT molecular complexity index is 902. The summed E-state index contributed by atoms with van der Waals surface area (Å²) in [7, 11) is 2.70. The van der Waals surface area contributed by atoms with Crippen LogP contribution in [0.25, 0.3) is 12.2 Å². The molecule has 1 aromatic carbocycles. The van der Waals surface area contributed by atoms with E-state index in [1.54, 1.807) is 4.98 Å². The summed E-state index contributed by atoms with van der Waals surface area (Å²) in [5.74, 6) is 0.0542. The highest BCUT2D eigenvalue weighted by atomic mass is 16.6. The number of benzene rings is 1. The van der Waals surface area contributed by atoms with Gasteiger partial charge in [0.05, 0.1) is 19.1 Å². The van der Waals surface area contributed by atoms with Crippen molar-refractivity contribution in [3.05, 3.63) is 54.3 Å². The van der Waals surface area contributed by atoms with E-state index in [-0.39, 0.29) is 22.9 Å². The van der Waals surface area contributed by atoms with Crippen LogP contribution in [0.4, 0.5) is 5.69 Å². The van der Waals surface area contributed by atoms with Gasteiger partial charge in [-0.3, -0.25) is 19.9 Å². The number of H-pyrrole nitrogens is 2. The molecule has 0 aliphatic carbocycles. The first-order chi connectivity index (χ1) is 11.4. The van der Waals surface area contributed by atoms with Crippen LogP contribution in [-0.2, 0) is 0 Å². The summed E-state index contributed by atoms with van der Waals surface area (Å²) in [5.41, 5.74) is -2.57. The summed E-state index contributed by atoms with van der Waals surface area (Å²) in [6, 6.07) is 2.90. The minimum Gasteiger partial charge on any atom is -0.502 e. The van der Waals surface area contributed by atoms with E-state index in [1.165, 1.54) is 38.5 Å². The molecule has 126 valence electrons. The molecule has 10 heteroatoms. The number of ether oxygens (including phenoxy) is 2. The zero-order valence-corrected chi connectivity index (χ0v) is 12.7. The van der Waals surface area contributed by atoms with Gasteiger partial charge >= 0.3 is 16.9 Å². The van der Waals surface area contributed by atoms with Gasteiger partial charge in [0.25, 0.3) is 0 Å². The minimum absolute atomic E-state index is 0.128. The van der Waals surface area contributed by atoms with E-state index in [2.05, 4.69) is 4.98 Å². The van der Waals surface area contributed by atoms with Gasteiger partial charge in [0.1, 0.15) is 5.69 Å². The second-order valence-electron chi connectivity index (χ2n) is 4.54. The van der Waals surface area contributed by atoms with Crippen LogP contribution in [0, 0.1) is 10.1 Å². The normalized spacial score (nSPS) is 10.8. The van der Waals surface area contributed by atoms with Crippen LogP contribution < -0.4 is 20.7 Å². The molecule has 0 aliphatic heterocycles. The molecule has 3 N–H and O–H groups in total. The van der Waals surface area contributed by atoms with E-state index in [0.29, 0.717) is 5.56 Å². The molecule has 1 heterocycles. The first-order valence-electron chi connectivity index (χ1n) is 6.51. The smallest absolute Gasteiger partial charge is 0.357 e. The molecule has 10 nitrogen and oxygen atoms in total. The van der Waals surface area contributed by atoms with Crippen LogP contribution in [0.2, 0.25) is 0 Å². The number of nitro groups is 1. The Hall–Kier alpha value is -3.56. The number of rotatable bonds is 5. The lowest BCUT2D eigenvalue weighted by molar-refractivity contribution is -0.386. The number of hydrogen-bond donors (Lipinski definition) is 3. The minimum atomic E-state index is -1.11. The second-order valence-corrected chi connectivity index (χ2v) is 4.54. The van der Waals surface area contributed by atoms with Gasteiger partial charge in [-0.15, -0.1) is 0 Å². The van der Waals surface area contributed by atoms with E-state index in [1.807, 2.05) is 0 Å². The standard InChI is InChI=1S/C14H13N3O7/c1-23-9-5-7(6-10(24-2)12(9)18)3-4-8-11(17(21)22)13(19)16-14(20)15-8/h3-6,18H,1-2H3,(H2,15,16,19,20). The lowest BCUT2D eigenvalue weighted by Gasteiger charge is -2.09. The van der Waals surface area contributed by atoms with Crippen molar-refractivity contribution in [3.8, 4) is 17.2 Å². The fourth-order valence-corrected chi connectivity index (χ4v) is 1.99. The van der Waals surface area contributed by atoms with Crippen LogP contribution in [0.3, 0.4) is 0 Å². The molecule has 0 bridgehead atoms. The molecule has 2 rings (SSSR count). The van der Waals surface area contributed by atoms with Crippen LogP contribution in [0.1, 0.15) is 11.3 Å². The number of aromatic amines is 2. The summed E-state index contributed by atoms with van der Waals surface area (Å²) >= 11 is 0. The van der Waals surface area contributed by atoms with E-state index in [0.717, 1.165) is 0 Å². The zero-order valence-electron chi connectivity index (χ0n) is 12.7. The van der Waals surface area contributed by atoms with Crippen LogP contribution in [-0.4, -0.2) is 34.2 Å². The molecule has 0 fully saturated rings. The Labute approximate surface area is 134 Å². The maximum atomic E-state index is 11.5. The molecule has 0 saturated carbocycles. The van der Waals surface area contributed by atoms with Crippen molar-refractivity contribution >= 4 is 17.8 Å². The highest BCUT2D eigenvalue weighted by molar-refractivity contribution is 5.74. The fraction of sp³-hybridized carbons (Fsp3) is 0.143. The first kappa shape index (κ1) is 16.8. The number of methoxy groups -OCH3 is 2. The van der Waals surface area contributed by atoms with Crippen molar-refractivity contribution in [2.24, 2.45) is 0 Å². The van der Waals surface area contributed by atoms with Gasteiger partial charge in [-0.2, -0.15) is 0 Å². The van der Waals surface area contributed by atoms with Crippen LogP contribution in [0.5, 0.6) is 17.2 Å². The van der Waals surface area contributed by atoms with Crippen molar-refractivity contribution in [1.29, 1.82) is 0 Å². The quantitative estimate of drug-likeness (QED) is 0.542. The van der Waals surface area contributed by atoms with Crippen molar-refractivity contribution in [3.63, 3.8) is 0 Å². The number of aromatic nitrogens is 2. The molecule has 0 aliphatic rings. The van der Waals surface area contributed by atoms with Gasteiger partial charge in [0.2, 0.25) is 5.75 Å². The average molecular weight is 335 g/mol. The highest BCUT2D eigenvalue weighted by Gasteiger charge is 2.19. The van der Waals surface area contributed by atoms with Crippen molar-refractivity contribution < 1.29 is 19.5 Å². The van der Waals surface area contributed by atoms with Gasteiger partial charge in [-0.1, -0.05) is 6.08 Å². The second kappa shape index (κ2) is 6.69. The lowest BCUT2D eigenvalue weighted by atomic mass is 10.1. The van der Waals surface area contributed by atoms with Gasteiger partial charge in [-0.05, 0) is 23.8 Å². The number of aromatic hydroxyl groups is 1.